The van der Waals surface area contributed by atoms with Crippen LogP contribution in [0.1, 0.15) is 51.9 Å². The quantitative estimate of drug-likeness (QED) is 0.673. The zero-order chi connectivity index (χ0) is 11.2. The summed E-state index contributed by atoms with van der Waals surface area (Å²) in [4.78, 5) is 0. The predicted molar refractivity (Wildman–Crippen MR) is 67.6 cm³/mol. The van der Waals surface area contributed by atoms with Gasteiger partial charge in [0.2, 0.25) is 0 Å². The Hall–Kier alpha value is -0.0800. The Morgan fingerprint density at radius 2 is 1.88 bits per heavy atom. The number of hydrogen-bond acceptors (Lipinski definition) is 2. The first-order valence-corrected chi connectivity index (χ1v) is 7.17. The lowest BCUT2D eigenvalue weighted by atomic mass is 9.86. The molecule has 0 spiro atoms. The molecule has 2 unspecified atom stereocenters. The van der Waals surface area contributed by atoms with Gasteiger partial charge in [0.1, 0.15) is 0 Å². The maximum atomic E-state index is 5.65. The zero-order valence-corrected chi connectivity index (χ0v) is 10.7. The van der Waals surface area contributed by atoms with Crippen LogP contribution in [0.5, 0.6) is 0 Å². The SMILES string of the molecule is CC1CCCCC1NCCOCCC1CC1. The van der Waals surface area contributed by atoms with Gasteiger partial charge in [0.15, 0.2) is 0 Å². The van der Waals surface area contributed by atoms with Crippen LogP contribution in [0.15, 0.2) is 0 Å². The highest BCUT2D eigenvalue weighted by atomic mass is 16.5. The fraction of sp³-hybridized carbons (Fsp3) is 1.00. The molecule has 94 valence electrons. The summed E-state index contributed by atoms with van der Waals surface area (Å²) in [5, 5.41) is 3.65. The van der Waals surface area contributed by atoms with Crippen molar-refractivity contribution in [3.05, 3.63) is 0 Å². The van der Waals surface area contributed by atoms with Gasteiger partial charge in [0.05, 0.1) is 6.61 Å². The molecule has 2 atom stereocenters. The highest BCUT2D eigenvalue weighted by molar-refractivity contribution is 4.77. The van der Waals surface area contributed by atoms with Crippen molar-refractivity contribution in [3.8, 4) is 0 Å². The van der Waals surface area contributed by atoms with E-state index in [4.69, 9.17) is 4.74 Å². The van der Waals surface area contributed by atoms with E-state index in [1.165, 1.54) is 44.9 Å². The summed E-state index contributed by atoms with van der Waals surface area (Å²) in [6, 6.07) is 0.751. The fourth-order valence-corrected chi connectivity index (χ4v) is 2.69. The first kappa shape index (κ1) is 12.4. The minimum absolute atomic E-state index is 0.751. The molecule has 2 fully saturated rings. The van der Waals surface area contributed by atoms with E-state index in [2.05, 4.69) is 12.2 Å². The van der Waals surface area contributed by atoms with Crippen molar-refractivity contribution in [1.29, 1.82) is 0 Å². The fourth-order valence-electron chi connectivity index (χ4n) is 2.69. The van der Waals surface area contributed by atoms with Crippen molar-refractivity contribution in [3.63, 3.8) is 0 Å². The largest absolute Gasteiger partial charge is 0.380 e. The third-order valence-electron chi connectivity index (χ3n) is 4.13. The van der Waals surface area contributed by atoms with E-state index in [0.717, 1.165) is 37.6 Å². The van der Waals surface area contributed by atoms with Crippen LogP contribution in [0.2, 0.25) is 0 Å². The molecule has 0 saturated heterocycles. The summed E-state index contributed by atoms with van der Waals surface area (Å²) < 4.78 is 5.65. The minimum atomic E-state index is 0.751. The highest BCUT2D eigenvalue weighted by Gasteiger charge is 2.21. The molecule has 0 heterocycles. The molecule has 0 aliphatic heterocycles. The molecular formula is C14H27NO. The topological polar surface area (TPSA) is 21.3 Å². The summed E-state index contributed by atoms with van der Waals surface area (Å²) in [6.07, 6.45) is 9.79. The molecule has 2 saturated carbocycles. The molecular weight excluding hydrogens is 198 g/mol. The third kappa shape index (κ3) is 4.42. The average molecular weight is 225 g/mol. The van der Waals surface area contributed by atoms with Gasteiger partial charge in [-0.25, -0.2) is 0 Å². The summed E-state index contributed by atoms with van der Waals surface area (Å²) in [7, 11) is 0. The summed E-state index contributed by atoms with van der Waals surface area (Å²) in [6.45, 7) is 5.30. The molecule has 16 heavy (non-hydrogen) atoms. The van der Waals surface area contributed by atoms with E-state index in [1.54, 1.807) is 0 Å². The standard InChI is InChI=1S/C14H27NO/c1-12-4-2-3-5-14(12)15-9-11-16-10-8-13-6-7-13/h12-15H,2-11H2,1H3. The summed E-state index contributed by atoms with van der Waals surface area (Å²) >= 11 is 0. The number of ether oxygens (including phenoxy) is 1. The van der Waals surface area contributed by atoms with Crippen LogP contribution in [0.3, 0.4) is 0 Å². The monoisotopic (exact) mass is 225 g/mol. The molecule has 0 aromatic heterocycles. The van der Waals surface area contributed by atoms with Crippen LogP contribution in [0, 0.1) is 11.8 Å². The second kappa shape index (κ2) is 6.61. The Bertz CT molecular complexity index is 191. The Labute approximate surface area is 100 Å². The van der Waals surface area contributed by atoms with Crippen molar-refractivity contribution in [2.24, 2.45) is 11.8 Å². The van der Waals surface area contributed by atoms with E-state index in [-0.39, 0.29) is 0 Å². The van der Waals surface area contributed by atoms with Crippen LogP contribution in [0.25, 0.3) is 0 Å². The molecule has 0 amide bonds. The third-order valence-corrected chi connectivity index (χ3v) is 4.13. The van der Waals surface area contributed by atoms with Gasteiger partial charge in [0.25, 0.3) is 0 Å². The van der Waals surface area contributed by atoms with Gasteiger partial charge in [0, 0.05) is 19.2 Å². The second-order valence-electron chi connectivity index (χ2n) is 5.67. The van der Waals surface area contributed by atoms with Crippen molar-refractivity contribution in [2.45, 2.75) is 57.9 Å². The molecule has 0 aromatic carbocycles. The van der Waals surface area contributed by atoms with Gasteiger partial charge >= 0.3 is 0 Å². The van der Waals surface area contributed by atoms with Gasteiger partial charge in [-0.2, -0.15) is 0 Å². The van der Waals surface area contributed by atoms with Crippen LogP contribution < -0.4 is 5.32 Å². The van der Waals surface area contributed by atoms with Crippen molar-refractivity contribution >= 4 is 0 Å². The number of nitrogens with one attached hydrogen (secondary N) is 1. The molecule has 0 bridgehead atoms. The Morgan fingerprint density at radius 3 is 2.62 bits per heavy atom. The lowest BCUT2D eigenvalue weighted by Crippen LogP contribution is -2.38. The van der Waals surface area contributed by atoms with Gasteiger partial charge in [-0.15, -0.1) is 0 Å². The van der Waals surface area contributed by atoms with Gasteiger partial charge in [-0.1, -0.05) is 32.6 Å². The Balaban J connectivity index is 1.43. The molecule has 0 radical (unpaired) electrons. The van der Waals surface area contributed by atoms with E-state index in [9.17, 15) is 0 Å². The van der Waals surface area contributed by atoms with E-state index < -0.39 is 0 Å². The van der Waals surface area contributed by atoms with E-state index >= 15 is 0 Å². The lowest BCUT2D eigenvalue weighted by molar-refractivity contribution is 0.123. The van der Waals surface area contributed by atoms with Gasteiger partial charge in [-0.05, 0) is 31.1 Å². The van der Waals surface area contributed by atoms with Gasteiger partial charge < -0.3 is 10.1 Å². The normalized spacial score (nSPS) is 30.6. The first-order valence-electron chi connectivity index (χ1n) is 7.17. The van der Waals surface area contributed by atoms with Crippen LogP contribution in [0.4, 0.5) is 0 Å². The summed E-state index contributed by atoms with van der Waals surface area (Å²) in [5.74, 6) is 1.87. The maximum Gasteiger partial charge on any atom is 0.0591 e. The molecule has 2 nitrogen and oxygen atoms in total. The van der Waals surface area contributed by atoms with Crippen LogP contribution in [-0.4, -0.2) is 25.8 Å². The maximum absolute atomic E-state index is 5.65. The molecule has 0 aromatic rings. The van der Waals surface area contributed by atoms with Crippen LogP contribution >= 0.6 is 0 Å². The van der Waals surface area contributed by atoms with Crippen molar-refractivity contribution < 1.29 is 4.74 Å². The Kier molecular flexibility index (Phi) is 5.11. The first-order chi connectivity index (χ1) is 7.86. The number of hydrogen-bond donors (Lipinski definition) is 1. The van der Waals surface area contributed by atoms with Crippen molar-refractivity contribution in [1.82, 2.24) is 5.32 Å². The number of rotatable bonds is 7. The average Bonchev–Trinajstić information content (AvgIpc) is 3.09. The molecule has 2 aliphatic rings. The minimum Gasteiger partial charge on any atom is -0.380 e. The summed E-state index contributed by atoms with van der Waals surface area (Å²) in [5.41, 5.74) is 0. The molecule has 2 aliphatic carbocycles. The van der Waals surface area contributed by atoms with Gasteiger partial charge in [-0.3, -0.25) is 0 Å². The smallest absolute Gasteiger partial charge is 0.0591 e. The highest BCUT2D eigenvalue weighted by Crippen LogP contribution is 2.32. The van der Waals surface area contributed by atoms with Crippen molar-refractivity contribution in [2.75, 3.05) is 19.8 Å². The Morgan fingerprint density at radius 1 is 1.06 bits per heavy atom. The predicted octanol–water partition coefficient (Wildman–Crippen LogP) is 2.97. The molecule has 2 heteroatoms. The molecule has 2 rings (SSSR count). The lowest BCUT2D eigenvalue weighted by Gasteiger charge is -2.29. The van der Waals surface area contributed by atoms with Crippen LogP contribution in [-0.2, 0) is 4.74 Å². The zero-order valence-electron chi connectivity index (χ0n) is 10.7. The second-order valence-corrected chi connectivity index (χ2v) is 5.67. The van der Waals surface area contributed by atoms with E-state index in [1.807, 2.05) is 0 Å². The molecule has 1 N–H and O–H groups in total. The van der Waals surface area contributed by atoms with E-state index in [0.29, 0.717) is 0 Å².